The first-order chi connectivity index (χ1) is 17.7. The second-order valence-electron chi connectivity index (χ2n) is 8.34. The van der Waals surface area contributed by atoms with Crippen molar-refractivity contribution in [2.75, 3.05) is 35.1 Å². The van der Waals surface area contributed by atoms with Crippen LogP contribution >= 0.6 is 0 Å². The van der Waals surface area contributed by atoms with Crippen molar-refractivity contribution in [1.29, 1.82) is 0 Å². The molecule has 3 N–H and O–H groups in total. The topological polar surface area (TPSA) is 105 Å². The number of aromatic nitrogens is 3. The molecule has 0 saturated carbocycles. The van der Waals surface area contributed by atoms with Gasteiger partial charge >= 0.3 is 6.18 Å². The summed E-state index contributed by atoms with van der Waals surface area (Å²) in [4.78, 5) is 14.4. The largest absolute Gasteiger partial charge is 0.416 e. The third kappa shape index (κ3) is 6.30. The van der Waals surface area contributed by atoms with Crippen LogP contribution in [0.4, 0.5) is 40.7 Å². The predicted octanol–water partition coefficient (Wildman–Crippen LogP) is 4.27. The minimum absolute atomic E-state index is 0.00936. The van der Waals surface area contributed by atoms with Gasteiger partial charge in [-0.2, -0.15) is 28.4 Å². The van der Waals surface area contributed by atoms with Gasteiger partial charge in [-0.1, -0.05) is 13.0 Å². The Hall–Kier alpha value is -3.84. The lowest BCUT2D eigenvalue weighted by atomic mass is 10.1. The van der Waals surface area contributed by atoms with Gasteiger partial charge in [0.2, 0.25) is 0 Å². The smallest absolute Gasteiger partial charge is 0.377 e. The van der Waals surface area contributed by atoms with Crippen LogP contribution in [-0.2, 0) is 17.3 Å². The van der Waals surface area contributed by atoms with E-state index in [1.807, 2.05) is 13.8 Å². The van der Waals surface area contributed by atoms with Gasteiger partial charge in [-0.3, -0.25) is 0 Å². The van der Waals surface area contributed by atoms with Crippen molar-refractivity contribution in [2.45, 2.75) is 32.5 Å². The Morgan fingerprint density at radius 1 is 1.27 bits per heavy atom. The maximum atomic E-state index is 14.4. The Morgan fingerprint density at radius 3 is 2.81 bits per heavy atom. The number of benzene rings is 1. The molecule has 0 bridgehead atoms. The molecule has 1 atom stereocenters. The van der Waals surface area contributed by atoms with Gasteiger partial charge in [-0.15, -0.1) is 0 Å². The number of hydrogen-bond donors (Lipinski definition) is 2. The second kappa shape index (κ2) is 11.0. The van der Waals surface area contributed by atoms with Crippen LogP contribution in [0.1, 0.15) is 30.8 Å². The summed E-state index contributed by atoms with van der Waals surface area (Å²) in [6, 6.07) is 8.20. The summed E-state index contributed by atoms with van der Waals surface area (Å²) in [6.45, 7) is 5.16. The number of ether oxygens (including phenoxy) is 1. The summed E-state index contributed by atoms with van der Waals surface area (Å²) in [5.74, 6) is 5.52. The number of hydrazine groups is 1. The summed E-state index contributed by atoms with van der Waals surface area (Å²) >= 11 is 0. The highest BCUT2D eigenvalue weighted by Gasteiger charge is 2.30. The molecule has 4 rings (SSSR count). The van der Waals surface area contributed by atoms with Crippen molar-refractivity contribution in [3.63, 3.8) is 0 Å². The van der Waals surface area contributed by atoms with E-state index in [-0.39, 0.29) is 17.8 Å². The molecule has 0 radical (unpaired) electrons. The Labute approximate surface area is 211 Å². The fourth-order valence-electron chi connectivity index (χ4n) is 3.78. The number of pyridine rings is 1. The Bertz CT molecular complexity index is 1270. The summed E-state index contributed by atoms with van der Waals surface area (Å²) in [5, 5.41) is 8.02. The van der Waals surface area contributed by atoms with Crippen molar-refractivity contribution in [3.05, 3.63) is 65.4 Å². The minimum Gasteiger partial charge on any atom is -0.377 e. The summed E-state index contributed by atoms with van der Waals surface area (Å²) in [5.41, 5.74) is 1.18. The van der Waals surface area contributed by atoms with E-state index in [4.69, 9.17) is 10.6 Å². The molecular weight excluding hydrogens is 492 g/mol. The number of nitrogens with one attached hydrogen (secondary N) is 1. The molecule has 196 valence electrons. The van der Waals surface area contributed by atoms with Crippen LogP contribution in [0.15, 0.2) is 47.7 Å². The number of alkyl halides is 3. The lowest BCUT2D eigenvalue weighted by molar-refractivity contribution is -0.137. The third-order valence-electron chi connectivity index (χ3n) is 5.67. The van der Waals surface area contributed by atoms with Gasteiger partial charge in [0.25, 0.3) is 5.95 Å². The maximum Gasteiger partial charge on any atom is 0.416 e. The van der Waals surface area contributed by atoms with E-state index in [2.05, 4.69) is 25.4 Å². The summed E-state index contributed by atoms with van der Waals surface area (Å²) in [7, 11) is 0. The minimum atomic E-state index is -4.44. The van der Waals surface area contributed by atoms with Gasteiger partial charge in [0.1, 0.15) is 0 Å². The number of rotatable bonds is 7. The van der Waals surface area contributed by atoms with Gasteiger partial charge in [-0.25, -0.2) is 20.2 Å². The van der Waals surface area contributed by atoms with Crippen molar-refractivity contribution in [3.8, 4) is 0 Å². The van der Waals surface area contributed by atoms with Crippen LogP contribution in [0.25, 0.3) is 0 Å². The number of nitrogens with two attached hydrogens (primary N) is 1. The molecule has 1 fully saturated rings. The zero-order valence-electron chi connectivity index (χ0n) is 20.2. The molecule has 0 spiro atoms. The monoisotopic (exact) mass is 518 g/mol. The first-order valence-corrected chi connectivity index (χ1v) is 11.6. The van der Waals surface area contributed by atoms with Gasteiger partial charge in [-0.05, 0) is 43.7 Å². The van der Waals surface area contributed by atoms with E-state index in [1.165, 1.54) is 12.3 Å². The third-order valence-corrected chi connectivity index (χ3v) is 5.67. The molecule has 3 aromatic rings. The van der Waals surface area contributed by atoms with Gasteiger partial charge < -0.3 is 15.0 Å². The SMILES string of the molecule is CCc1nc(/C=N/N(N)c2ncc(F)c(N3CCOCC3C)n2)ccc1Nc1cccc(C(F)(F)F)c1. The molecule has 2 aromatic heterocycles. The van der Waals surface area contributed by atoms with Crippen LogP contribution in [0.2, 0.25) is 0 Å². The quantitative estimate of drug-likeness (QED) is 0.207. The normalized spacial score (nSPS) is 16.3. The van der Waals surface area contributed by atoms with Crippen LogP contribution < -0.4 is 21.2 Å². The van der Waals surface area contributed by atoms with Gasteiger partial charge in [0, 0.05) is 12.2 Å². The highest BCUT2D eigenvalue weighted by molar-refractivity contribution is 5.79. The Balaban J connectivity index is 1.50. The number of hydrogen-bond acceptors (Lipinski definition) is 9. The molecule has 1 unspecified atom stereocenters. The number of halogens is 4. The van der Waals surface area contributed by atoms with E-state index in [0.29, 0.717) is 48.9 Å². The lowest BCUT2D eigenvalue weighted by Gasteiger charge is -2.34. The Morgan fingerprint density at radius 2 is 2.08 bits per heavy atom. The highest BCUT2D eigenvalue weighted by atomic mass is 19.4. The van der Waals surface area contributed by atoms with Crippen LogP contribution in [0.5, 0.6) is 0 Å². The molecule has 37 heavy (non-hydrogen) atoms. The molecule has 1 saturated heterocycles. The van der Waals surface area contributed by atoms with E-state index in [0.717, 1.165) is 23.4 Å². The fraction of sp³-hybridized carbons (Fsp3) is 0.333. The van der Waals surface area contributed by atoms with E-state index in [9.17, 15) is 17.6 Å². The number of anilines is 4. The molecule has 0 amide bonds. The predicted molar refractivity (Wildman–Crippen MR) is 132 cm³/mol. The zero-order chi connectivity index (χ0) is 26.6. The summed E-state index contributed by atoms with van der Waals surface area (Å²) < 4.78 is 58.9. The maximum absolute atomic E-state index is 14.4. The van der Waals surface area contributed by atoms with Crippen molar-refractivity contribution in [2.24, 2.45) is 10.9 Å². The Kier molecular flexibility index (Phi) is 7.83. The zero-order valence-corrected chi connectivity index (χ0v) is 20.2. The van der Waals surface area contributed by atoms with E-state index >= 15 is 0 Å². The molecule has 1 aliphatic rings. The lowest BCUT2D eigenvalue weighted by Crippen LogP contribution is -2.44. The molecule has 0 aliphatic carbocycles. The average molecular weight is 519 g/mol. The molecular formula is C24H26F4N8O. The molecule has 9 nitrogen and oxygen atoms in total. The number of nitrogens with zero attached hydrogens (tertiary/aromatic N) is 6. The molecule has 3 heterocycles. The van der Waals surface area contributed by atoms with Crippen molar-refractivity contribution in [1.82, 2.24) is 15.0 Å². The molecule has 1 aromatic carbocycles. The number of morpholine rings is 1. The first kappa shape index (κ1) is 26.2. The highest BCUT2D eigenvalue weighted by Crippen LogP contribution is 2.32. The van der Waals surface area contributed by atoms with Crippen LogP contribution in [-0.4, -0.2) is 47.0 Å². The van der Waals surface area contributed by atoms with Crippen LogP contribution in [0.3, 0.4) is 0 Å². The number of aryl methyl sites for hydroxylation is 1. The molecule has 1 aliphatic heterocycles. The standard InChI is InChI=1S/C24H26F4N8O/c1-3-20-21(32-17-6-4-5-16(11-17)24(26,27)28)8-7-18(33-20)12-31-36(29)23-30-13-19(25)22(34-23)35-9-10-37-14-15(35)2/h4-8,11-13,15,32H,3,9-10,14,29H2,1-2H3/b31-12+. The molecule has 13 heteroatoms. The van der Waals surface area contributed by atoms with Crippen LogP contribution in [0, 0.1) is 5.82 Å². The van der Waals surface area contributed by atoms with E-state index < -0.39 is 17.6 Å². The average Bonchev–Trinajstić information content (AvgIpc) is 2.88. The first-order valence-electron chi connectivity index (χ1n) is 11.6. The van der Waals surface area contributed by atoms with E-state index in [1.54, 1.807) is 23.1 Å². The fourth-order valence-corrected chi connectivity index (χ4v) is 3.78. The number of hydrazone groups is 1. The summed E-state index contributed by atoms with van der Waals surface area (Å²) in [6.07, 6.45) is -1.50. The van der Waals surface area contributed by atoms with Gasteiger partial charge in [0.15, 0.2) is 11.6 Å². The van der Waals surface area contributed by atoms with Crippen molar-refractivity contribution >= 4 is 29.4 Å². The second-order valence-corrected chi connectivity index (χ2v) is 8.34. The van der Waals surface area contributed by atoms with Crippen molar-refractivity contribution < 1.29 is 22.3 Å². The van der Waals surface area contributed by atoms with Gasteiger partial charge in [0.05, 0.1) is 54.3 Å².